The SMILES string of the molecule is CCCCCC(C)(C)CNC(=O)C(Br)C(C)C. The van der Waals surface area contributed by atoms with Crippen molar-refractivity contribution in [2.75, 3.05) is 6.54 Å². The summed E-state index contributed by atoms with van der Waals surface area (Å²) in [5.41, 5.74) is 0.203. The van der Waals surface area contributed by atoms with Crippen LogP contribution in [0.25, 0.3) is 0 Å². The van der Waals surface area contributed by atoms with E-state index in [-0.39, 0.29) is 16.1 Å². The molecule has 2 nitrogen and oxygen atoms in total. The Morgan fingerprint density at radius 2 is 1.88 bits per heavy atom. The van der Waals surface area contributed by atoms with Crippen molar-refractivity contribution >= 4 is 21.8 Å². The Kier molecular flexibility index (Phi) is 8.10. The largest absolute Gasteiger partial charge is 0.355 e. The molecule has 0 bridgehead atoms. The second kappa shape index (κ2) is 8.12. The molecule has 1 unspecified atom stereocenters. The summed E-state index contributed by atoms with van der Waals surface area (Å²) in [5.74, 6) is 0.446. The summed E-state index contributed by atoms with van der Waals surface area (Å²) in [6.07, 6.45) is 4.96. The van der Waals surface area contributed by atoms with E-state index in [1.807, 2.05) is 13.8 Å². The molecule has 1 atom stereocenters. The Morgan fingerprint density at radius 1 is 1.29 bits per heavy atom. The lowest BCUT2D eigenvalue weighted by molar-refractivity contribution is -0.121. The second-order valence-electron chi connectivity index (χ2n) is 5.98. The molecule has 0 saturated heterocycles. The first-order chi connectivity index (χ1) is 7.80. The monoisotopic (exact) mass is 305 g/mol. The highest BCUT2D eigenvalue weighted by molar-refractivity contribution is 9.10. The van der Waals surface area contributed by atoms with E-state index in [0.717, 1.165) is 6.54 Å². The molecule has 1 amide bonds. The molecule has 0 spiro atoms. The number of unbranched alkanes of at least 4 members (excludes halogenated alkanes) is 2. The molecule has 0 aliphatic rings. The van der Waals surface area contributed by atoms with E-state index in [0.29, 0.717) is 5.92 Å². The van der Waals surface area contributed by atoms with Crippen LogP contribution in [-0.2, 0) is 4.79 Å². The van der Waals surface area contributed by atoms with Gasteiger partial charge >= 0.3 is 0 Å². The van der Waals surface area contributed by atoms with Gasteiger partial charge in [0.15, 0.2) is 0 Å². The van der Waals surface area contributed by atoms with Gasteiger partial charge < -0.3 is 5.32 Å². The lowest BCUT2D eigenvalue weighted by Gasteiger charge is -2.26. The van der Waals surface area contributed by atoms with Gasteiger partial charge in [-0.3, -0.25) is 4.79 Å². The lowest BCUT2D eigenvalue weighted by atomic mass is 9.87. The van der Waals surface area contributed by atoms with Crippen molar-refractivity contribution in [3.05, 3.63) is 0 Å². The van der Waals surface area contributed by atoms with Gasteiger partial charge in [-0.15, -0.1) is 0 Å². The van der Waals surface area contributed by atoms with Crippen molar-refractivity contribution in [3.8, 4) is 0 Å². The van der Waals surface area contributed by atoms with Gasteiger partial charge in [-0.1, -0.05) is 69.8 Å². The minimum Gasteiger partial charge on any atom is -0.355 e. The van der Waals surface area contributed by atoms with Crippen molar-refractivity contribution in [1.82, 2.24) is 5.32 Å². The molecule has 0 saturated carbocycles. The molecule has 102 valence electrons. The molecule has 0 aromatic rings. The summed E-state index contributed by atoms with van der Waals surface area (Å²) in [6, 6.07) is 0. The summed E-state index contributed by atoms with van der Waals surface area (Å²) in [4.78, 5) is 11.7. The van der Waals surface area contributed by atoms with Crippen LogP contribution in [0.15, 0.2) is 0 Å². The number of hydrogen-bond acceptors (Lipinski definition) is 1. The van der Waals surface area contributed by atoms with Crippen molar-refractivity contribution < 1.29 is 4.79 Å². The van der Waals surface area contributed by atoms with Gasteiger partial charge in [0, 0.05) is 6.54 Å². The van der Waals surface area contributed by atoms with Crippen LogP contribution in [0.2, 0.25) is 0 Å². The van der Waals surface area contributed by atoms with Gasteiger partial charge in [-0.2, -0.15) is 0 Å². The third kappa shape index (κ3) is 7.80. The average molecular weight is 306 g/mol. The third-order valence-corrected chi connectivity index (χ3v) is 4.51. The fourth-order valence-corrected chi connectivity index (χ4v) is 1.83. The number of rotatable bonds is 8. The second-order valence-corrected chi connectivity index (χ2v) is 6.97. The Hall–Kier alpha value is -0.0500. The van der Waals surface area contributed by atoms with Crippen molar-refractivity contribution in [1.29, 1.82) is 0 Å². The number of alkyl halides is 1. The van der Waals surface area contributed by atoms with E-state index in [4.69, 9.17) is 0 Å². The molecule has 3 heteroatoms. The van der Waals surface area contributed by atoms with Gasteiger partial charge in [-0.25, -0.2) is 0 Å². The molecule has 1 N–H and O–H groups in total. The minimum atomic E-state index is -0.0751. The maximum absolute atomic E-state index is 11.8. The predicted molar refractivity (Wildman–Crippen MR) is 78.5 cm³/mol. The van der Waals surface area contributed by atoms with Crippen molar-refractivity contribution in [2.45, 2.75) is 65.1 Å². The molecular weight excluding hydrogens is 278 g/mol. The van der Waals surface area contributed by atoms with E-state index in [1.165, 1.54) is 25.7 Å². The van der Waals surface area contributed by atoms with Gasteiger partial charge in [0.05, 0.1) is 4.83 Å². The summed E-state index contributed by atoms with van der Waals surface area (Å²) in [5, 5.41) is 3.05. The van der Waals surface area contributed by atoms with Gasteiger partial charge in [-0.05, 0) is 17.8 Å². The van der Waals surface area contributed by atoms with Crippen LogP contribution in [0.4, 0.5) is 0 Å². The maximum atomic E-state index is 11.8. The fraction of sp³-hybridized carbons (Fsp3) is 0.929. The number of nitrogens with one attached hydrogen (secondary N) is 1. The number of hydrogen-bond donors (Lipinski definition) is 1. The number of amides is 1. The van der Waals surface area contributed by atoms with Gasteiger partial charge in [0.2, 0.25) is 5.91 Å². The molecular formula is C14H28BrNO. The quantitative estimate of drug-likeness (QED) is 0.530. The Labute approximate surface area is 115 Å². The van der Waals surface area contributed by atoms with E-state index < -0.39 is 0 Å². The molecule has 17 heavy (non-hydrogen) atoms. The zero-order valence-electron chi connectivity index (χ0n) is 12.0. The first kappa shape index (κ1) is 16.9. The van der Waals surface area contributed by atoms with Crippen LogP contribution in [-0.4, -0.2) is 17.3 Å². The zero-order valence-corrected chi connectivity index (χ0v) is 13.6. The Balaban J connectivity index is 3.96. The topological polar surface area (TPSA) is 29.1 Å². The molecule has 0 radical (unpaired) electrons. The van der Waals surface area contributed by atoms with Crippen LogP contribution in [0.3, 0.4) is 0 Å². The van der Waals surface area contributed by atoms with E-state index in [1.54, 1.807) is 0 Å². The zero-order chi connectivity index (χ0) is 13.5. The van der Waals surface area contributed by atoms with Crippen LogP contribution in [0, 0.1) is 11.3 Å². The highest BCUT2D eigenvalue weighted by Crippen LogP contribution is 2.23. The van der Waals surface area contributed by atoms with E-state index >= 15 is 0 Å². The standard InChI is InChI=1S/C14H28BrNO/c1-6-7-8-9-14(4,5)10-16-13(17)12(15)11(2)3/h11-12H,6-10H2,1-5H3,(H,16,17). The predicted octanol–water partition coefficient (Wildman–Crippen LogP) is 4.13. The molecule has 0 aromatic carbocycles. The first-order valence-corrected chi connectivity index (χ1v) is 7.63. The molecule has 0 fully saturated rings. The normalized spacial score (nSPS) is 13.8. The Morgan fingerprint density at radius 3 is 2.35 bits per heavy atom. The molecule has 0 heterocycles. The third-order valence-electron chi connectivity index (χ3n) is 3.03. The van der Waals surface area contributed by atoms with Crippen LogP contribution in [0.5, 0.6) is 0 Å². The Bertz CT molecular complexity index is 226. The number of carbonyl (C=O) groups excluding carboxylic acids is 1. The highest BCUT2D eigenvalue weighted by atomic mass is 79.9. The number of carbonyl (C=O) groups is 1. The molecule has 0 aliphatic carbocycles. The van der Waals surface area contributed by atoms with E-state index in [9.17, 15) is 4.79 Å². The maximum Gasteiger partial charge on any atom is 0.234 e. The summed E-state index contributed by atoms with van der Waals surface area (Å²) in [6.45, 7) is 11.5. The van der Waals surface area contributed by atoms with Crippen LogP contribution >= 0.6 is 15.9 Å². The lowest BCUT2D eigenvalue weighted by Crippen LogP contribution is -2.39. The van der Waals surface area contributed by atoms with Crippen LogP contribution < -0.4 is 5.32 Å². The van der Waals surface area contributed by atoms with Crippen LogP contribution in [0.1, 0.15) is 60.3 Å². The van der Waals surface area contributed by atoms with Crippen molar-refractivity contribution in [2.24, 2.45) is 11.3 Å². The fourth-order valence-electron chi connectivity index (χ4n) is 1.67. The van der Waals surface area contributed by atoms with Gasteiger partial charge in [0.25, 0.3) is 0 Å². The number of halogens is 1. The summed E-state index contributed by atoms with van der Waals surface area (Å²) < 4.78 is 0. The molecule has 0 aliphatic heterocycles. The minimum absolute atomic E-state index is 0.0751. The first-order valence-electron chi connectivity index (χ1n) is 6.72. The van der Waals surface area contributed by atoms with Crippen molar-refractivity contribution in [3.63, 3.8) is 0 Å². The average Bonchev–Trinajstić information content (AvgIpc) is 2.25. The summed E-state index contributed by atoms with van der Waals surface area (Å²) in [7, 11) is 0. The van der Waals surface area contributed by atoms with Gasteiger partial charge in [0.1, 0.15) is 0 Å². The molecule has 0 rings (SSSR count). The summed E-state index contributed by atoms with van der Waals surface area (Å²) >= 11 is 3.43. The van der Waals surface area contributed by atoms with E-state index in [2.05, 4.69) is 42.0 Å². The highest BCUT2D eigenvalue weighted by Gasteiger charge is 2.22. The smallest absolute Gasteiger partial charge is 0.234 e. The molecule has 0 aromatic heterocycles.